The van der Waals surface area contributed by atoms with Crippen LogP contribution in [0.4, 0.5) is 0 Å². The van der Waals surface area contributed by atoms with Crippen LogP contribution in [0.3, 0.4) is 0 Å². The Balaban J connectivity index is 1.72. The zero-order valence-electron chi connectivity index (χ0n) is 19.1. The van der Waals surface area contributed by atoms with E-state index in [0.29, 0.717) is 6.42 Å². The average molecular weight is 407 g/mol. The van der Waals surface area contributed by atoms with E-state index in [-0.39, 0.29) is 17.9 Å². The molecule has 3 nitrogen and oxygen atoms in total. The van der Waals surface area contributed by atoms with E-state index in [9.17, 15) is 9.59 Å². The number of unbranched alkanes of at least 4 members (excludes halogenated alkanes) is 16. The van der Waals surface area contributed by atoms with E-state index in [1.54, 1.807) is 0 Å². The van der Waals surface area contributed by atoms with Crippen molar-refractivity contribution in [1.29, 1.82) is 0 Å². The summed E-state index contributed by atoms with van der Waals surface area (Å²) in [6.45, 7) is 2.27. The minimum Gasteiger partial charge on any atom is -0.393 e. The smallest absolute Gasteiger partial charge is 0.317 e. The molecule has 0 aromatic heterocycles. The second-order valence-corrected chi connectivity index (χ2v) is 8.83. The number of carbonyl (C=O) groups excluding carboxylic acids is 2. The van der Waals surface area contributed by atoms with Crippen LogP contribution >= 0.6 is 0 Å². The average Bonchev–Trinajstić information content (AvgIpc) is 3.03. The number of esters is 2. The van der Waals surface area contributed by atoms with Crippen LogP contribution in [-0.4, -0.2) is 11.9 Å². The number of cyclic esters (lactones) is 2. The van der Waals surface area contributed by atoms with Gasteiger partial charge in [0.05, 0.1) is 12.3 Å². The van der Waals surface area contributed by atoms with Gasteiger partial charge in [-0.05, 0) is 32.1 Å². The molecule has 1 heterocycles. The normalized spacial score (nSPS) is 16.8. The first-order valence-corrected chi connectivity index (χ1v) is 12.6. The SMILES string of the molecule is CCCCCCC/C=C/CCCCCCCCCCCCCC1CC(=O)OC1=O. The summed E-state index contributed by atoms with van der Waals surface area (Å²) in [5.74, 6) is -0.804. The van der Waals surface area contributed by atoms with E-state index in [4.69, 9.17) is 0 Å². The first kappa shape index (κ1) is 25.9. The lowest BCUT2D eigenvalue weighted by molar-refractivity contribution is -0.153. The third kappa shape index (κ3) is 15.4. The largest absolute Gasteiger partial charge is 0.393 e. The summed E-state index contributed by atoms with van der Waals surface area (Å²) in [7, 11) is 0. The van der Waals surface area contributed by atoms with Crippen molar-refractivity contribution in [2.45, 2.75) is 135 Å². The van der Waals surface area contributed by atoms with Crippen LogP contribution in [0.15, 0.2) is 12.2 Å². The molecule has 0 aromatic rings. The standard InChI is InChI=1S/C26H46O3/c1-2-3-4-5-6-7-8-9-10-11-12-13-14-15-16-17-18-19-20-21-22-24-23-25(27)29-26(24)28/h8-9,24H,2-7,10-23H2,1H3/b9-8+. The van der Waals surface area contributed by atoms with Gasteiger partial charge in [-0.3, -0.25) is 9.59 Å². The highest BCUT2D eigenvalue weighted by atomic mass is 16.6. The molecule has 0 spiro atoms. The molecular formula is C26H46O3. The van der Waals surface area contributed by atoms with Gasteiger partial charge in [0, 0.05) is 0 Å². The zero-order valence-corrected chi connectivity index (χ0v) is 19.1. The lowest BCUT2D eigenvalue weighted by Gasteiger charge is -2.05. The van der Waals surface area contributed by atoms with Gasteiger partial charge in [-0.25, -0.2) is 0 Å². The van der Waals surface area contributed by atoms with Gasteiger partial charge in [0.15, 0.2) is 0 Å². The highest BCUT2D eigenvalue weighted by molar-refractivity contribution is 5.94. The molecule has 1 atom stereocenters. The molecular weight excluding hydrogens is 360 g/mol. The predicted octanol–water partition coefficient (Wildman–Crippen LogP) is 8.06. The highest BCUT2D eigenvalue weighted by Gasteiger charge is 2.32. The van der Waals surface area contributed by atoms with E-state index >= 15 is 0 Å². The lowest BCUT2D eigenvalue weighted by Crippen LogP contribution is -2.06. The first-order valence-electron chi connectivity index (χ1n) is 12.6. The van der Waals surface area contributed by atoms with Crippen LogP contribution < -0.4 is 0 Å². The third-order valence-corrected chi connectivity index (χ3v) is 6.03. The Kier molecular flexibility index (Phi) is 16.9. The van der Waals surface area contributed by atoms with Crippen LogP contribution in [0.5, 0.6) is 0 Å². The van der Waals surface area contributed by atoms with Gasteiger partial charge in [0.25, 0.3) is 0 Å². The Hall–Kier alpha value is -1.12. The molecule has 1 saturated heterocycles. The predicted molar refractivity (Wildman–Crippen MR) is 122 cm³/mol. The van der Waals surface area contributed by atoms with Crippen LogP contribution in [0.25, 0.3) is 0 Å². The summed E-state index contributed by atoms with van der Waals surface area (Å²) in [5, 5.41) is 0. The van der Waals surface area contributed by atoms with Crippen molar-refractivity contribution in [1.82, 2.24) is 0 Å². The molecule has 1 aliphatic rings. The monoisotopic (exact) mass is 406 g/mol. The topological polar surface area (TPSA) is 43.4 Å². The molecule has 168 valence electrons. The van der Waals surface area contributed by atoms with E-state index in [1.807, 2.05) is 0 Å². The van der Waals surface area contributed by atoms with E-state index < -0.39 is 0 Å². The van der Waals surface area contributed by atoms with Crippen LogP contribution in [0.1, 0.15) is 135 Å². The summed E-state index contributed by atoms with van der Waals surface area (Å²) in [6.07, 6.45) is 29.7. The van der Waals surface area contributed by atoms with Crippen LogP contribution in [0.2, 0.25) is 0 Å². The Bertz CT molecular complexity index is 441. The van der Waals surface area contributed by atoms with Crippen LogP contribution in [-0.2, 0) is 14.3 Å². The minimum absolute atomic E-state index is 0.159. The Morgan fingerprint density at radius 2 is 1.14 bits per heavy atom. The van der Waals surface area contributed by atoms with Crippen molar-refractivity contribution in [2.75, 3.05) is 0 Å². The van der Waals surface area contributed by atoms with Crippen molar-refractivity contribution in [3.8, 4) is 0 Å². The quantitative estimate of drug-likeness (QED) is 0.0888. The second kappa shape index (κ2) is 18.9. The molecule has 0 aromatic carbocycles. The van der Waals surface area contributed by atoms with Crippen LogP contribution in [0, 0.1) is 5.92 Å². The van der Waals surface area contributed by atoms with E-state index in [2.05, 4.69) is 23.8 Å². The molecule has 1 rings (SSSR count). The van der Waals surface area contributed by atoms with Gasteiger partial charge in [0.2, 0.25) is 0 Å². The van der Waals surface area contributed by atoms with Gasteiger partial charge in [-0.1, -0.05) is 109 Å². The van der Waals surface area contributed by atoms with E-state index in [0.717, 1.165) is 12.8 Å². The number of carbonyl (C=O) groups is 2. The second-order valence-electron chi connectivity index (χ2n) is 8.83. The number of hydrogen-bond donors (Lipinski definition) is 0. The first-order chi connectivity index (χ1) is 14.2. The van der Waals surface area contributed by atoms with Crippen molar-refractivity contribution < 1.29 is 14.3 Å². The molecule has 0 saturated carbocycles. The van der Waals surface area contributed by atoms with Gasteiger partial charge in [-0.15, -0.1) is 0 Å². The summed E-state index contributed by atoms with van der Waals surface area (Å²) >= 11 is 0. The maximum absolute atomic E-state index is 11.4. The minimum atomic E-state index is -0.343. The van der Waals surface area contributed by atoms with E-state index in [1.165, 1.54) is 109 Å². The summed E-state index contributed by atoms with van der Waals surface area (Å²) in [5.41, 5.74) is 0. The fourth-order valence-electron chi connectivity index (χ4n) is 4.09. The van der Waals surface area contributed by atoms with Gasteiger partial charge in [0.1, 0.15) is 0 Å². The summed E-state index contributed by atoms with van der Waals surface area (Å²) < 4.78 is 4.59. The molecule has 29 heavy (non-hydrogen) atoms. The molecule has 3 heteroatoms. The molecule has 1 fully saturated rings. The van der Waals surface area contributed by atoms with Crippen molar-refractivity contribution in [3.05, 3.63) is 12.2 Å². The molecule has 0 aliphatic carbocycles. The molecule has 0 bridgehead atoms. The zero-order chi connectivity index (χ0) is 21.0. The molecule has 1 aliphatic heterocycles. The van der Waals surface area contributed by atoms with Gasteiger partial charge < -0.3 is 4.74 Å². The number of rotatable bonds is 20. The van der Waals surface area contributed by atoms with Crippen molar-refractivity contribution in [2.24, 2.45) is 5.92 Å². The highest BCUT2D eigenvalue weighted by Crippen LogP contribution is 2.22. The molecule has 1 unspecified atom stereocenters. The fraction of sp³-hybridized carbons (Fsp3) is 0.846. The lowest BCUT2D eigenvalue weighted by atomic mass is 9.98. The maximum Gasteiger partial charge on any atom is 0.317 e. The molecule has 0 radical (unpaired) electrons. The number of hydrogen-bond acceptors (Lipinski definition) is 3. The number of ether oxygens (including phenoxy) is 1. The third-order valence-electron chi connectivity index (χ3n) is 6.03. The van der Waals surface area contributed by atoms with Crippen molar-refractivity contribution >= 4 is 11.9 Å². The number of allylic oxidation sites excluding steroid dienone is 2. The summed E-state index contributed by atoms with van der Waals surface area (Å²) in [4.78, 5) is 22.4. The fourth-order valence-corrected chi connectivity index (χ4v) is 4.09. The van der Waals surface area contributed by atoms with Gasteiger partial charge >= 0.3 is 11.9 Å². The van der Waals surface area contributed by atoms with Crippen molar-refractivity contribution in [3.63, 3.8) is 0 Å². The Morgan fingerprint density at radius 3 is 1.59 bits per heavy atom. The summed E-state index contributed by atoms with van der Waals surface area (Å²) in [6, 6.07) is 0. The molecule has 0 amide bonds. The Labute approximate surface area is 180 Å². The Morgan fingerprint density at radius 1 is 0.690 bits per heavy atom. The van der Waals surface area contributed by atoms with Gasteiger partial charge in [-0.2, -0.15) is 0 Å². The maximum atomic E-state index is 11.4. The molecule has 0 N–H and O–H groups in total.